The highest BCUT2D eigenvalue weighted by molar-refractivity contribution is 6.31. The topological polar surface area (TPSA) is 81.8 Å². The number of nitrogens with zero attached hydrogens (tertiary/aromatic N) is 3. The lowest BCUT2D eigenvalue weighted by Crippen LogP contribution is -2.31. The van der Waals surface area contributed by atoms with Gasteiger partial charge in [-0.15, -0.1) is 5.10 Å². The highest BCUT2D eigenvalue weighted by atomic mass is 35.5. The molecule has 6 heteroatoms. The van der Waals surface area contributed by atoms with E-state index in [1.54, 1.807) is 32.0 Å². The molecule has 1 aromatic heterocycles. The zero-order chi connectivity index (χ0) is 16.3. The van der Waals surface area contributed by atoms with Gasteiger partial charge in [0.2, 0.25) is 0 Å². The highest BCUT2D eigenvalue weighted by Gasteiger charge is 2.26. The zero-order valence-corrected chi connectivity index (χ0v) is 13.4. The predicted molar refractivity (Wildman–Crippen MR) is 85.7 cm³/mol. The Kier molecular flexibility index (Phi) is 4.65. The fraction of sp³-hybridized carbons (Fsp3) is 0.312. The van der Waals surface area contributed by atoms with Crippen LogP contribution in [-0.4, -0.2) is 21.8 Å². The number of nitriles is 1. The molecule has 1 heterocycles. The van der Waals surface area contributed by atoms with E-state index >= 15 is 0 Å². The van der Waals surface area contributed by atoms with Crippen molar-refractivity contribution in [3.05, 3.63) is 51.7 Å². The minimum Gasteiger partial charge on any atom is -0.384 e. The van der Waals surface area contributed by atoms with Crippen LogP contribution in [0.5, 0.6) is 0 Å². The Labute approximate surface area is 134 Å². The van der Waals surface area contributed by atoms with E-state index in [2.05, 4.69) is 21.6 Å². The van der Waals surface area contributed by atoms with Gasteiger partial charge in [0.1, 0.15) is 17.2 Å². The molecule has 1 aromatic carbocycles. The van der Waals surface area contributed by atoms with Crippen LogP contribution >= 0.6 is 11.6 Å². The SMILES string of the molecule is Cc1nnc(NCC(C)(O)c2ccccc2Cl)c(C#N)c1C. The average Bonchev–Trinajstić information content (AvgIpc) is 2.48. The lowest BCUT2D eigenvalue weighted by atomic mass is 9.96. The second-order valence-electron chi connectivity index (χ2n) is 5.35. The van der Waals surface area contributed by atoms with Crippen molar-refractivity contribution in [2.45, 2.75) is 26.4 Å². The van der Waals surface area contributed by atoms with Crippen LogP contribution < -0.4 is 5.32 Å². The first-order chi connectivity index (χ1) is 10.4. The molecular formula is C16H17ClN4O. The fourth-order valence-electron chi connectivity index (χ4n) is 2.12. The van der Waals surface area contributed by atoms with Gasteiger partial charge in [-0.3, -0.25) is 0 Å². The van der Waals surface area contributed by atoms with Gasteiger partial charge < -0.3 is 10.4 Å². The summed E-state index contributed by atoms with van der Waals surface area (Å²) in [6.07, 6.45) is 0. The van der Waals surface area contributed by atoms with Gasteiger partial charge >= 0.3 is 0 Å². The summed E-state index contributed by atoms with van der Waals surface area (Å²) in [5.74, 6) is 0.359. The van der Waals surface area contributed by atoms with Crippen LogP contribution in [0.3, 0.4) is 0 Å². The van der Waals surface area contributed by atoms with E-state index in [0.717, 1.165) is 5.56 Å². The molecule has 0 amide bonds. The minimum absolute atomic E-state index is 0.155. The van der Waals surface area contributed by atoms with Gasteiger partial charge in [-0.05, 0) is 32.4 Å². The minimum atomic E-state index is -1.20. The molecule has 1 atom stereocenters. The maximum absolute atomic E-state index is 10.6. The standard InChI is InChI=1S/C16H17ClN4O/c1-10-11(2)20-21-15(12(10)8-18)19-9-16(3,22)13-6-4-5-7-14(13)17/h4-7,22H,9H2,1-3H3,(H,19,21). The second-order valence-corrected chi connectivity index (χ2v) is 5.76. The molecule has 0 fully saturated rings. The van der Waals surface area contributed by atoms with Crippen molar-refractivity contribution in [2.24, 2.45) is 0 Å². The van der Waals surface area contributed by atoms with Crippen molar-refractivity contribution in [3.63, 3.8) is 0 Å². The van der Waals surface area contributed by atoms with Gasteiger partial charge in [-0.2, -0.15) is 10.4 Å². The Balaban J connectivity index is 2.25. The monoisotopic (exact) mass is 316 g/mol. The van der Waals surface area contributed by atoms with E-state index in [4.69, 9.17) is 11.6 Å². The third kappa shape index (κ3) is 3.19. The van der Waals surface area contributed by atoms with Gasteiger partial charge in [-0.25, -0.2) is 0 Å². The summed E-state index contributed by atoms with van der Waals surface area (Å²) in [4.78, 5) is 0. The molecule has 0 aliphatic carbocycles. The number of anilines is 1. The molecule has 0 radical (unpaired) electrons. The number of hydrogen-bond acceptors (Lipinski definition) is 5. The summed E-state index contributed by atoms with van der Waals surface area (Å²) in [5.41, 5.74) is 1.32. The van der Waals surface area contributed by atoms with E-state index in [1.807, 2.05) is 13.0 Å². The van der Waals surface area contributed by atoms with Crippen molar-refractivity contribution in [2.75, 3.05) is 11.9 Å². The van der Waals surface area contributed by atoms with Crippen molar-refractivity contribution < 1.29 is 5.11 Å². The molecule has 1 unspecified atom stereocenters. The maximum Gasteiger partial charge on any atom is 0.167 e. The summed E-state index contributed by atoms with van der Waals surface area (Å²) in [7, 11) is 0. The lowest BCUT2D eigenvalue weighted by molar-refractivity contribution is 0.0715. The average molecular weight is 317 g/mol. The molecule has 5 nitrogen and oxygen atoms in total. The number of aryl methyl sites for hydroxylation is 1. The summed E-state index contributed by atoms with van der Waals surface area (Å²) in [6.45, 7) is 5.43. The molecule has 0 bridgehead atoms. The highest BCUT2D eigenvalue weighted by Crippen LogP contribution is 2.28. The lowest BCUT2D eigenvalue weighted by Gasteiger charge is -2.25. The molecule has 114 valence electrons. The maximum atomic E-state index is 10.6. The smallest absolute Gasteiger partial charge is 0.167 e. The van der Waals surface area contributed by atoms with Gasteiger partial charge in [0.15, 0.2) is 5.82 Å². The van der Waals surface area contributed by atoms with Gasteiger partial charge in [0, 0.05) is 17.1 Å². The summed E-state index contributed by atoms with van der Waals surface area (Å²) >= 11 is 6.13. The quantitative estimate of drug-likeness (QED) is 0.906. The molecule has 0 aliphatic rings. The van der Waals surface area contributed by atoms with Gasteiger partial charge in [0.25, 0.3) is 0 Å². The van der Waals surface area contributed by atoms with Crippen molar-refractivity contribution in [3.8, 4) is 6.07 Å². The first-order valence-corrected chi connectivity index (χ1v) is 7.20. The Morgan fingerprint density at radius 2 is 2.00 bits per heavy atom. The Morgan fingerprint density at radius 3 is 2.64 bits per heavy atom. The summed E-state index contributed by atoms with van der Waals surface area (Å²) < 4.78 is 0. The third-order valence-electron chi connectivity index (χ3n) is 3.62. The fourth-order valence-corrected chi connectivity index (χ4v) is 2.46. The summed E-state index contributed by atoms with van der Waals surface area (Å²) in [5, 5.41) is 31.4. The normalized spacial score (nSPS) is 13.3. The van der Waals surface area contributed by atoms with Crippen LogP contribution in [0.25, 0.3) is 0 Å². The van der Waals surface area contributed by atoms with Gasteiger partial charge in [-0.1, -0.05) is 29.8 Å². The number of aliphatic hydroxyl groups is 1. The first kappa shape index (κ1) is 16.2. The largest absolute Gasteiger partial charge is 0.384 e. The Hall–Kier alpha value is -2.16. The van der Waals surface area contributed by atoms with Crippen LogP contribution in [0.1, 0.15) is 29.3 Å². The van der Waals surface area contributed by atoms with Gasteiger partial charge in [0.05, 0.1) is 5.69 Å². The molecule has 0 saturated carbocycles. The zero-order valence-electron chi connectivity index (χ0n) is 12.7. The van der Waals surface area contributed by atoms with Crippen molar-refractivity contribution >= 4 is 17.4 Å². The Morgan fingerprint density at radius 1 is 1.32 bits per heavy atom. The predicted octanol–water partition coefficient (Wildman–Crippen LogP) is 2.94. The summed E-state index contributed by atoms with van der Waals surface area (Å²) in [6, 6.07) is 9.22. The molecule has 22 heavy (non-hydrogen) atoms. The van der Waals surface area contributed by atoms with Crippen LogP contribution in [0.2, 0.25) is 5.02 Å². The van der Waals surface area contributed by atoms with Crippen molar-refractivity contribution in [1.29, 1.82) is 5.26 Å². The van der Waals surface area contributed by atoms with Crippen LogP contribution in [0.15, 0.2) is 24.3 Å². The molecule has 0 saturated heterocycles. The Bertz CT molecular complexity index is 737. The number of nitrogens with one attached hydrogen (secondary N) is 1. The molecule has 2 rings (SSSR count). The van der Waals surface area contributed by atoms with Crippen LogP contribution in [-0.2, 0) is 5.60 Å². The number of aromatic nitrogens is 2. The molecule has 2 aromatic rings. The van der Waals surface area contributed by atoms with E-state index in [9.17, 15) is 10.4 Å². The van der Waals surface area contributed by atoms with Crippen LogP contribution in [0.4, 0.5) is 5.82 Å². The number of hydrogen-bond donors (Lipinski definition) is 2. The van der Waals surface area contributed by atoms with E-state index < -0.39 is 5.60 Å². The molecule has 2 N–H and O–H groups in total. The number of rotatable bonds is 4. The third-order valence-corrected chi connectivity index (χ3v) is 3.95. The van der Waals surface area contributed by atoms with E-state index in [-0.39, 0.29) is 6.54 Å². The molecular weight excluding hydrogens is 300 g/mol. The van der Waals surface area contributed by atoms with Crippen LogP contribution in [0, 0.1) is 25.2 Å². The van der Waals surface area contributed by atoms with E-state index in [0.29, 0.717) is 27.7 Å². The van der Waals surface area contributed by atoms with E-state index in [1.165, 1.54) is 0 Å². The molecule has 0 spiro atoms. The number of halogens is 1. The second kappa shape index (κ2) is 6.30. The first-order valence-electron chi connectivity index (χ1n) is 6.82. The van der Waals surface area contributed by atoms with Crippen molar-refractivity contribution in [1.82, 2.24) is 10.2 Å². The molecule has 0 aliphatic heterocycles. The number of benzene rings is 1.